The minimum Gasteiger partial charge on any atom is -0.481 e. The van der Waals surface area contributed by atoms with Gasteiger partial charge >= 0.3 is 0 Å². The van der Waals surface area contributed by atoms with Crippen LogP contribution in [0.15, 0.2) is 18.2 Å². The van der Waals surface area contributed by atoms with Gasteiger partial charge in [0.2, 0.25) is 0 Å². The Morgan fingerprint density at radius 2 is 2.14 bits per heavy atom. The summed E-state index contributed by atoms with van der Waals surface area (Å²) in [5.41, 5.74) is 2.29. The Balaban J connectivity index is 1.96. The first-order valence-electron chi connectivity index (χ1n) is 8.25. The molecule has 1 aromatic carbocycles. The minimum absolute atomic E-state index is 0.0388. The maximum absolute atomic E-state index is 12.3. The van der Waals surface area contributed by atoms with Crippen LogP contribution in [0.25, 0.3) is 0 Å². The molecule has 1 heterocycles. The van der Waals surface area contributed by atoms with Gasteiger partial charge in [0.1, 0.15) is 5.75 Å². The highest BCUT2D eigenvalue weighted by Gasteiger charge is 2.21. The summed E-state index contributed by atoms with van der Waals surface area (Å²) in [6.45, 7) is 10.0. The summed E-state index contributed by atoms with van der Waals surface area (Å²) in [6, 6.07) is 6.44. The number of rotatable bonds is 5. The third-order valence-corrected chi connectivity index (χ3v) is 4.20. The summed E-state index contributed by atoms with van der Waals surface area (Å²) in [5.74, 6) is 1.21. The van der Waals surface area contributed by atoms with Crippen LogP contribution < -0.4 is 15.4 Å². The highest BCUT2D eigenvalue weighted by atomic mass is 16.5. The lowest BCUT2D eigenvalue weighted by atomic mass is 10.0. The highest BCUT2D eigenvalue weighted by molar-refractivity contribution is 5.81. The molecule has 1 aliphatic rings. The molecule has 1 amide bonds. The Morgan fingerprint density at radius 1 is 1.36 bits per heavy atom. The Hall–Kier alpha value is -1.55. The van der Waals surface area contributed by atoms with Gasteiger partial charge in [0.15, 0.2) is 6.10 Å². The van der Waals surface area contributed by atoms with E-state index in [0.717, 1.165) is 37.2 Å². The Morgan fingerprint density at radius 3 is 2.77 bits per heavy atom. The summed E-state index contributed by atoms with van der Waals surface area (Å²) >= 11 is 0. The van der Waals surface area contributed by atoms with Crippen molar-refractivity contribution >= 4 is 5.91 Å². The SMILES string of the molecule is Cc1ccc(C(C)C)cc1OC(C)C(=O)N[C@H]1CCCNC1. The van der Waals surface area contributed by atoms with Crippen LogP contribution in [0.4, 0.5) is 0 Å². The molecule has 2 rings (SSSR count). The van der Waals surface area contributed by atoms with Gasteiger partial charge in [-0.05, 0) is 56.3 Å². The molecule has 1 unspecified atom stereocenters. The van der Waals surface area contributed by atoms with Crippen LogP contribution in [0.5, 0.6) is 5.75 Å². The molecule has 2 atom stereocenters. The average molecular weight is 304 g/mol. The zero-order valence-electron chi connectivity index (χ0n) is 14.1. The smallest absolute Gasteiger partial charge is 0.261 e. The van der Waals surface area contributed by atoms with Crippen molar-refractivity contribution < 1.29 is 9.53 Å². The van der Waals surface area contributed by atoms with E-state index < -0.39 is 6.10 Å². The number of carbonyl (C=O) groups is 1. The molecular formula is C18H28N2O2. The van der Waals surface area contributed by atoms with E-state index >= 15 is 0 Å². The fraction of sp³-hybridized carbons (Fsp3) is 0.611. The van der Waals surface area contributed by atoms with Crippen LogP contribution in [0.1, 0.15) is 50.7 Å². The molecule has 0 radical (unpaired) electrons. The third kappa shape index (κ3) is 4.47. The average Bonchev–Trinajstić information content (AvgIpc) is 2.50. The third-order valence-electron chi connectivity index (χ3n) is 4.20. The molecule has 0 aliphatic carbocycles. The largest absolute Gasteiger partial charge is 0.481 e. The second-order valence-corrected chi connectivity index (χ2v) is 6.49. The van der Waals surface area contributed by atoms with Crippen LogP contribution in [-0.4, -0.2) is 31.1 Å². The highest BCUT2D eigenvalue weighted by Crippen LogP contribution is 2.25. The number of nitrogens with one attached hydrogen (secondary N) is 2. The number of benzene rings is 1. The maximum Gasteiger partial charge on any atom is 0.261 e. The molecule has 1 saturated heterocycles. The second-order valence-electron chi connectivity index (χ2n) is 6.49. The van der Waals surface area contributed by atoms with Gasteiger partial charge in [-0.2, -0.15) is 0 Å². The monoisotopic (exact) mass is 304 g/mol. The first-order chi connectivity index (χ1) is 10.5. The van der Waals surface area contributed by atoms with Crippen LogP contribution in [0.3, 0.4) is 0 Å². The Kier molecular flexibility index (Phi) is 5.83. The van der Waals surface area contributed by atoms with Gasteiger partial charge in [-0.1, -0.05) is 26.0 Å². The molecule has 0 saturated carbocycles. The van der Waals surface area contributed by atoms with Gasteiger partial charge < -0.3 is 15.4 Å². The number of ether oxygens (including phenoxy) is 1. The molecule has 1 fully saturated rings. The molecule has 4 heteroatoms. The van der Waals surface area contributed by atoms with Gasteiger partial charge in [-0.25, -0.2) is 0 Å². The van der Waals surface area contributed by atoms with Gasteiger partial charge in [0.05, 0.1) is 0 Å². The van der Waals surface area contributed by atoms with E-state index in [-0.39, 0.29) is 11.9 Å². The normalized spacial score (nSPS) is 19.8. The molecule has 1 aromatic rings. The number of amides is 1. The maximum atomic E-state index is 12.3. The molecule has 122 valence electrons. The van der Waals surface area contributed by atoms with Gasteiger partial charge in [-0.3, -0.25) is 4.79 Å². The lowest BCUT2D eigenvalue weighted by molar-refractivity contribution is -0.128. The van der Waals surface area contributed by atoms with Gasteiger partial charge in [0, 0.05) is 12.6 Å². The predicted octanol–water partition coefficient (Wildman–Crippen LogP) is 2.75. The van der Waals surface area contributed by atoms with Gasteiger partial charge in [0.25, 0.3) is 5.91 Å². The standard InChI is InChI=1S/C18H28N2O2/c1-12(2)15-8-7-13(3)17(10-15)22-14(4)18(21)20-16-6-5-9-19-11-16/h7-8,10,12,14,16,19H,5-6,9,11H2,1-4H3,(H,20,21)/t14?,16-/m0/s1. The van der Waals surface area contributed by atoms with Crippen LogP contribution in [0, 0.1) is 6.92 Å². The van der Waals surface area contributed by atoms with Crippen LogP contribution in [-0.2, 0) is 4.79 Å². The van der Waals surface area contributed by atoms with E-state index in [9.17, 15) is 4.79 Å². The molecule has 0 bridgehead atoms. The van der Waals surface area contributed by atoms with Crippen LogP contribution in [0.2, 0.25) is 0 Å². The van der Waals surface area contributed by atoms with E-state index in [0.29, 0.717) is 5.92 Å². The van der Waals surface area contributed by atoms with Crippen LogP contribution >= 0.6 is 0 Å². The Bertz CT molecular complexity index is 508. The summed E-state index contributed by atoms with van der Waals surface area (Å²) in [6.07, 6.45) is 1.66. The quantitative estimate of drug-likeness (QED) is 0.879. The minimum atomic E-state index is -0.483. The lowest BCUT2D eigenvalue weighted by Crippen LogP contribution is -2.49. The fourth-order valence-corrected chi connectivity index (χ4v) is 2.64. The number of hydrogen-bond acceptors (Lipinski definition) is 3. The first-order valence-corrected chi connectivity index (χ1v) is 8.25. The summed E-state index contributed by atoms with van der Waals surface area (Å²) in [4.78, 5) is 12.3. The van der Waals surface area contributed by atoms with Crippen molar-refractivity contribution in [2.75, 3.05) is 13.1 Å². The Labute approximate surface area is 133 Å². The van der Waals surface area contributed by atoms with Crippen molar-refractivity contribution in [1.29, 1.82) is 0 Å². The summed E-state index contributed by atoms with van der Waals surface area (Å²) in [5, 5.41) is 6.37. The van der Waals surface area contributed by atoms with E-state index in [1.807, 2.05) is 19.9 Å². The second kappa shape index (κ2) is 7.63. The van der Waals surface area contributed by atoms with Gasteiger partial charge in [-0.15, -0.1) is 0 Å². The van der Waals surface area contributed by atoms with E-state index in [4.69, 9.17) is 4.74 Å². The van der Waals surface area contributed by atoms with E-state index in [1.54, 1.807) is 0 Å². The molecule has 0 spiro atoms. The molecule has 1 aliphatic heterocycles. The number of piperidine rings is 1. The molecule has 22 heavy (non-hydrogen) atoms. The lowest BCUT2D eigenvalue weighted by Gasteiger charge is -2.25. The predicted molar refractivity (Wildman–Crippen MR) is 89.4 cm³/mol. The molecule has 0 aromatic heterocycles. The van der Waals surface area contributed by atoms with E-state index in [2.05, 4.69) is 36.6 Å². The number of aryl methyl sites for hydroxylation is 1. The zero-order valence-corrected chi connectivity index (χ0v) is 14.1. The molecular weight excluding hydrogens is 276 g/mol. The number of hydrogen-bond donors (Lipinski definition) is 2. The van der Waals surface area contributed by atoms with Crippen molar-refractivity contribution in [3.8, 4) is 5.75 Å². The van der Waals surface area contributed by atoms with Crippen molar-refractivity contribution in [3.05, 3.63) is 29.3 Å². The van der Waals surface area contributed by atoms with Crippen molar-refractivity contribution in [2.24, 2.45) is 0 Å². The summed E-state index contributed by atoms with van der Waals surface area (Å²) < 4.78 is 5.91. The van der Waals surface area contributed by atoms with Crippen molar-refractivity contribution in [1.82, 2.24) is 10.6 Å². The first kappa shape index (κ1) is 16.8. The zero-order chi connectivity index (χ0) is 16.1. The number of carbonyl (C=O) groups excluding carboxylic acids is 1. The molecule has 2 N–H and O–H groups in total. The fourth-order valence-electron chi connectivity index (χ4n) is 2.64. The summed E-state index contributed by atoms with van der Waals surface area (Å²) in [7, 11) is 0. The van der Waals surface area contributed by atoms with Crippen molar-refractivity contribution in [2.45, 2.75) is 58.6 Å². The molecule has 4 nitrogen and oxygen atoms in total. The van der Waals surface area contributed by atoms with Crippen molar-refractivity contribution in [3.63, 3.8) is 0 Å². The topological polar surface area (TPSA) is 50.4 Å². The van der Waals surface area contributed by atoms with E-state index in [1.165, 1.54) is 5.56 Å².